The minimum absolute atomic E-state index is 0.0274. The Morgan fingerprint density at radius 1 is 1.39 bits per heavy atom. The fraction of sp³-hybridized carbons (Fsp3) is 0.533. The number of nitrogens with one attached hydrogen (secondary N) is 1. The number of aryl methyl sites for hydroxylation is 1. The Morgan fingerprint density at radius 3 is 2.78 bits per heavy atom. The Balaban J connectivity index is 2.02. The van der Waals surface area contributed by atoms with Gasteiger partial charge in [0.05, 0.1) is 6.42 Å². The Bertz CT molecular complexity index is 440. The van der Waals surface area contributed by atoms with Crippen molar-refractivity contribution < 1.29 is 4.79 Å². The van der Waals surface area contributed by atoms with Gasteiger partial charge < -0.3 is 10.2 Å². The van der Waals surface area contributed by atoms with Crippen molar-refractivity contribution in [2.45, 2.75) is 32.7 Å². The monoisotopic (exact) mass is 246 g/mol. The second-order valence-corrected chi connectivity index (χ2v) is 5.73. The lowest BCUT2D eigenvalue weighted by atomic mass is 10.0. The van der Waals surface area contributed by atoms with Gasteiger partial charge >= 0.3 is 0 Å². The van der Waals surface area contributed by atoms with Crippen LogP contribution >= 0.6 is 0 Å². The number of nitrogens with zero attached hydrogens (tertiary/aromatic N) is 1. The minimum atomic E-state index is 0.0274. The molecule has 1 heterocycles. The molecule has 1 aromatic carbocycles. The van der Waals surface area contributed by atoms with E-state index in [9.17, 15) is 4.79 Å². The number of rotatable bonds is 2. The van der Waals surface area contributed by atoms with Gasteiger partial charge in [-0.3, -0.25) is 4.79 Å². The molecule has 1 amide bonds. The van der Waals surface area contributed by atoms with E-state index >= 15 is 0 Å². The van der Waals surface area contributed by atoms with Gasteiger partial charge in [0, 0.05) is 25.2 Å². The number of hydrogen-bond acceptors (Lipinski definition) is 2. The van der Waals surface area contributed by atoms with E-state index in [0.717, 1.165) is 25.2 Å². The van der Waals surface area contributed by atoms with E-state index in [4.69, 9.17) is 0 Å². The zero-order chi connectivity index (χ0) is 13.2. The average molecular weight is 246 g/mol. The maximum atomic E-state index is 12.3. The second-order valence-electron chi connectivity index (χ2n) is 5.73. The van der Waals surface area contributed by atoms with Crippen molar-refractivity contribution in [1.82, 2.24) is 10.2 Å². The van der Waals surface area contributed by atoms with Crippen molar-refractivity contribution >= 4 is 5.91 Å². The van der Waals surface area contributed by atoms with Crippen molar-refractivity contribution in [3.63, 3.8) is 0 Å². The summed E-state index contributed by atoms with van der Waals surface area (Å²) in [4.78, 5) is 14.3. The zero-order valence-corrected chi connectivity index (χ0v) is 11.5. The molecule has 2 rings (SSSR count). The number of amides is 1. The molecule has 0 atom stereocenters. The Kier molecular flexibility index (Phi) is 3.71. The van der Waals surface area contributed by atoms with Crippen LogP contribution in [0.25, 0.3) is 0 Å². The summed E-state index contributed by atoms with van der Waals surface area (Å²) in [5.41, 5.74) is 2.36. The first-order chi connectivity index (χ1) is 8.48. The highest BCUT2D eigenvalue weighted by Crippen LogP contribution is 2.14. The van der Waals surface area contributed by atoms with Crippen LogP contribution in [0, 0.1) is 6.92 Å². The second kappa shape index (κ2) is 5.11. The van der Waals surface area contributed by atoms with E-state index in [1.54, 1.807) is 0 Å². The van der Waals surface area contributed by atoms with Gasteiger partial charge in [-0.1, -0.05) is 24.3 Å². The normalized spacial score (nSPS) is 18.7. The van der Waals surface area contributed by atoms with Gasteiger partial charge in [0.2, 0.25) is 5.91 Å². The third-order valence-corrected chi connectivity index (χ3v) is 3.53. The van der Waals surface area contributed by atoms with Crippen LogP contribution in [0.15, 0.2) is 24.3 Å². The van der Waals surface area contributed by atoms with Crippen LogP contribution in [-0.4, -0.2) is 36.0 Å². The maximum Gasteiger partial charge on any atom is 0.227 e. The van der Waals surface area contributed by atoms with E-state index in [1.165, 1.54) is 5.56 Å². The van der Waals surface area contributed by atoms with Crippen molar-refractivity contribution in [1.29, 1.82) is 0 Å². The van der Waals surface area contributed by atoms with Crippen LogP contribution in [-0.2, 0) is 11.2 Å². The highest BCUT2D eigenvalue weighted by molar-refractivity contribution is 5.79. The van der Waals surface area contributed by atoms with Crippen LogP contribution in [0.1, 0.15) is 25.0 Å². The summed E-state index contributed by atoms with van der Waals surface area (Å²) in [6.07, 6.45) is 0.517. The number of carbonyl (C=O) groups is 1. The lowest BCUT2D eigenvalue weighted by Gasteiger charge is -2.39. The quantitative estimate of drug-likeness (QED) is 0.862. The molecule has 0 bridgehead atoms. The summed E-state index contributed by atoms with van der Waals surface area (Å²) in [5, 5.41) is 3.42. The molecule has 98 valence electrons. The number of benzene rings is 1. The molecule has 1 N–H and O–H groups in total. The molecule has 1 aromatic rings. The Hall–Kier alpha value is -1.35. The predicted octanol–water partition coefficient (Wildman–Crippen LogP) is 1.75. The SMILES string of the molecule is Cc1ccccc1CC(=O)N1CCNC(C)(C)C1. The maximum absolute atomic E-state index is 12.3. The predicted molar refractivity (Wildman–Crippen MR) is 73.5 cm³/mol. The van der Waals surface area contributed by atoms with Gasteiger partial charge in [-0.25, -0.2) is 0 Å². The zero-order valence-electron chi connectivity index (χ0n) is 11.5. The molecule has 18 heavy (non-hydrogen) atoms. The first kappa shape index (κ1) is 13.1. The minimum Gasteiger partial charge on any atom is -0.339 e. The third-order valence-electron chi connectivity index (χ3n) is 3.53. The summed E-state index contributed by atoms with van der Waals surface area (Å²) in [7, 11) is 0. The molecular formula is C15H22N2O. The summed E-state index contributed by atoms with van der Waals surface area (Å²) < 4.78 is 0. The van der Waals surface area contributed by atoms with Crippen LogP contribution in [0.5, 0.6) is 0 Å². The summed E-state index contributed by atoms with van der Waals surface area (Å²) >= 11 is 0. The number of piperazine rings is 1. The van der Waals surface area contributed by atoms with E-state index in [-0.39, 0.29) is 11.4 Å². The molecule has 0 unspecified atom stereocenters. The molecule has 0 radical (unpaired) electrons. The molecular weight excluding hydrogens is 224 g/mol. The lowest BCUT2D eigenvalue weighted by molar-refractivity contribution is -0.132. The van der Waals surface area contributed by atoms with Crippen molar-refractivity contribution in [3.05, 3.63) is 35.4 Å². The highest BCUT2D eigenvalue weighted by atomic mass is 16.2. The van der Waals surface area contributed by atoms with Crippen LogP contribution in [0.4, 0.5) is 0 Å². The molecule has 1 fully saturated rings. The van der Waals surface area contributed by atoms with Crippen LogP contribution in [0.3, 0.4) is 0 Å². The van der Waals surface area contributed by atoms with Crippen LogP contribution in [0.2, 0.25) is 0 Å². The van der Waals surface area contributed by atoms with E-state index in [2.05, 4.69) is 32.2 Å². The molecule has 3 heteroatoms. The first-order valence-corrected chi connectivity index (χ1v) is 6.55. The molecule has 3 nitrogen and oxygen atoms in total. The number of carbonyl (C=O) groups excluding carboxylic acids is 1. The molecule has 0 saturated carbocycles. The Morgan fingerprint density at radius 2 is 2.11 bits per heavy atom. The largest absolute Gasteiger partial charge is 0.339 e. The van der Waals surface area contributed by atoms with E-state index in [0.29, 0.717) is 6.42 Å². The lowest BCUT2D eigenvalue weighted by Crippen LogP contribution is -2.58. The molecule has 0 aromatic heterocycles. The average Bonchev–Trinajstić information content (AvgIpc) is 2.31. The molecule has 1 aliphatic heterocycles. The fourth-order valence-corrected chi connectivity index (χ4v) is 2.44. The number of hydrogen-bond donors (Lipinski definition) is 1. The topological polar surface area (TPSA) is 32.3 Å². The standard InChI is InChI=1S/C15H22N2O/c1-12-6-4-5-7-13(12)10-14(18)17-9-8-16-15(2,3)11-17/h4-7,16H,8-11H2,1-3H3. The van der Waals surface area contributed by atoms with Gasteiger partial charge in [-0.15, -0.1) is 0 Å². The van der Waals surface area contributed by atoms with Crippen molar-refractivity contribution in [3.8, 4) is 0 Å². The first-order valence-electron chi connectivity index (χ1n) is 6.55. The van der Waals surface area contributed by atoms with Gasteiger partial charge in [0.1, 0.15) is 0 Å². The van der Waals surface area contributed by atoms with E-state index < -0.39 is 0 Å². The van der Waals surface area contributed by atoms with Crippen LogP contribution < -0.4 is 5.32 Å². The van der Waals surface area contributed by atoms with E-state index in [1.807, 2.05) is 23.1 Å². The molecule has 1 saturated heterocycles. The smallest absolute Gasteiger partial charge is 0.227 e. The fourth-order valence-electron chi connectivity index (χ4n) is 2.44. The van der Waals surface area contributed by atoms with Gasteiger partial charge in [-0.2, -0.15) is 0 Å². The third kappa shape index (κ3) is 3.10. The van der Waals surface area contributed by atoms with Gasteiger partial charge in [0.25, 0.3) is 0 Å². The molecule has 0 spiro atoms. The highest BCUT2D eigenvalue weighted by Gasteiger charge is 2.28. The summed E-state index contributed by atoms with van der Waals surface area (Å²) in [6, 6.07) is 8.11. The van der Waals surface area contributed by atoms with Gasteiger partial charge in [-0.05, 0) is 31.9 Å². The summed E-state index contributed by atoms with van der Waals surface area (Å²) in [5.74, 6) is 0.235. The Labute approximate surface area is 109 Å². The molecule has 0 aliphatic carbocycles. The van der Waals surface area contributed by atoms with Gasteiger partial charge in [0.15, 0.2) is 0 Å². The summed E-state index contributed by atoms with van der Waals surface area (Å²) in [6.45, 7) is 8.82. The van der Waals surface area contributed by atoms with Crippen molar-refractivity contribution in [2.75, 3.05) is 19.6 Å². The van der Waals surface area contributed by atoms with Crippen molar-refractivity contribution in [2.24, 2.45) is 0 Å². The molecule has 1 aliphatic rings.